The second-order valence-electron chi connectivity index (χ2n) is 6.11. The number of carbonyl (C=O) groups is 2. The molecule has 2 aromatic carbocycles. The van der Waals surface area contributed by atoms with Gasteiger partial charge >= 0.3 is 0 Å². The first kappa shape index (κ1) is 19.5. The molecule has 2 N–H and O–H groups in total. The molecule has 144 valence electrons. The van der Waals surface area contributed by atoms with Gasteiger partial charge in [-0.05, 0) is 48.0 Å². The van der Waals surface area contributed by atoms with Crippen molar-refractivity contribution in [2.45, 2.75) is 6.92 Å². The zero-order valence-corrected chi connectivity index (χ0v) is 16.2. The number of methoxy groups -OCH3 is 1. The van der Waals surface area contributed by atoms with Crippen LogP contribution < -0.4 is 20.1 Å². The number of rotatable bonds is 5. The van der Waals surface area contributed by atoms with Gasteiger partial charge in [-0.1, -0.05) is 17.7 Å². The fourth-order valence-corrected chi connectivity index (χ4v) is 2.89. The molecule has 0 fully saturated rings. The Morgan fingerprint density at radius 3 is 2.75 bits per heavy atom. The van der Waals surface area contributed by atoms with E-state index in [4.69, 9.17) is 21.1 Å². The van der Waals surface area contributed by atoms with Gasteiger partial charge in [-0.15, -0.1) is 0 Å². The highest BCUT2D eigenvalue weighted by Gasteiger charge is 2.11. The molecule has 7 heteroatoms. The number of nitrogens with one attached hydrogen (secondary N) is 2. The maximum atomic E-state index is 12.3. The topological polar surface area (TPSA) is 76.7 Å². The molecule has 3 rings (SSSR count). The Bertz CT molecular complexity index is 982. The van der Waals surface area contributed by atoms with Gasteiger partial charge in [-0.25, -0.2) is 0 Å². The Hall–Kier alpha value is -3.25. The quantitative estimate of drug-likeness (QED) is 0.737. The SMILES string of the molecule is COc1ccc(NC(C)=O)cc1NC(=O)/C=C/C1=Cc2cc(Cl)ccc2OC1. The number of amides is 2. The molecule has 6 nitrogen and oxygen atoms in total. The average Bonchev–Trinajstić information content (AvgIpc) is 2.66. The molecule has 0 unspecified atom stereocenters. The van der Waals surface area contributed by atoms with E-state index in [-0.39, 0.29) is 11.8 Å². The number of hydrogen-bond donors (Lipinski definition) is 2. The third-order valence-electron chi connectivity index (χ3n) is 3.93. The average molecular weight is 399 g/mol. The monoisotopic (exact) mass is 398 g/mol. The lowest BCUT2D eigenvalue weighted by atomic mass is 10.1. The molecule has 1 aliphatic heterocycles. The van der Waals surface area contributed by atoms with Gasteiger partial charge in [0.05, 0.1) is 12.8 Å². The fourth-order valence-electron chi connectivity index (χ4n) is 2.71. The molecule has 0 aromatic heterocycles. The van der Waals surface area contributed by atoms with Crippen LogP contribution in [-0.2, 0) is 9.59 Å². The van der Waals surface area contributed by atoms with Crippen LogP contribution in [-0.4, -0.2) is 25.5 Å². The summed E-state index contributed by atoms with van der Waals surface area (Å²) >= 11 is 6.01. The van der Waals surface area contributed by atoms with Crippen molar-refractivity contribution in [3.8, 4) is 11.5 Å². The van der Waals surface area contributed by atoms with Crippen molar-refractivity contribution in [3.05, 3.63) is 64.7 Å². The van der Waals surface area contributed by atoms with E-state index in [2.05, 4.69) is 10.6 Å². The first-order valence-corrected chi connectivity index (χ1v) is 8.90. The highest BCUT2D eigenvalue weighted by molar-refractivity contribution is 6.30. The van der Waals surface area contributed by atoms with Crippen LogP contribution in [0.25, 0.3) is 6.08 Å². The first-order chi connectivity index (χ1) is 13.4. The molecule has 2 aromatic rings. The molecule has 0 saturated heterocycles. The molecule has 0 bridgehead atoms. The molecule has 0 aliphatic carbocycles. The van der Waals surface area contributed by atoms with Crippen molar-refractivity contribution in [1.29, 1.82) is 0 Å². The van der Waals surface area contributed by atoms with Gasteiger partial charge in [0.1, 0.15) is 18.1 Å². The molecule has 0 spiro atoms. The number of fused-ring (bicyclic) bond motifs is 1. The summed E-state index contributed by atoms with van der Waals surface area (Å²) in [6.45, 7) is 1.77. The van der Waals surface area contributed by atoms with E-state index in [1.165, 1.54) is 20.1 Å². The van der Waals surface area contributed by atoms with Crippen LogP contribution >= 0.6 is 11.6 Å². The Morgan fingerprint density at radius 1 is 1.18 bits per heavy atom. The highest BCUT2D eigenvalue weighted by Crippen LogP contribution is 2.30. The van der Waals surface area contributed by atoms with Crippen LogP contribution in [0.5, 0.6) is 11.5 Å². The van der Waals surface area contributed by atoms with Crippen LogP contribution in [0, 0.1) is 0 Å². The molecular formula is C21H19ClN2O4. The maximum absolute atomic E-state index is 12.3. The third kappa shape index (κ3) is 4.92. The van der Waals surface area contributed by atoms with Crippen LogP contribution in [0.15, 0.2) is 54.1 Å². The molecule has 0 saturated carbocycles. The van der Waals surface area contributed by atoms with Crippen LogP contribution in [0.4, 0.5) is 11.4 Å². The standard InChI is InChI=1S/C21H19ClN2O4/c1-13(25)23-17-5-7-20(27-2)18(11-17)24-21(26)8-3-14-9-15-10-16(22)4-6-19(15)28-12-14/h3-11H,12H2,1-2H3,(H,23,25)(H,24,26)/b8-3+. The summed E-state index contributed by atoms with van der Waals surface area (Å²) in [5, 5.41) is 6.04. The largest absolute Gasteiger partial charge is 0.495 e. The van der Waals surface area contributed by atoms with E-state index in [0.717, 1.165) is 16.9 Å². The van der Waals surface area contributed by atoms with Gasteiger partial charge < -0.3 is 20.1 Å². The van der Waals surface area contributed by atoms with Crippen molar-refractivity contribution in [1.82, 2.24) is 0 Å². The van der Waals surface area contributed by atoms with Crippen LogP contribution in [0.1, 0.15) is 12.5 Å². The van der Waals surface area contributed by atoms with Crippen molar-refractivity contribution < 1.29 is 19.1 Å². The number of halogens is 1. The van der Waals surface area contributed by atoms with Gasteiger partial charge in [0.15, 0.2) is 0 Å². The van der Waals surface area contributed by atoms with Gasteiger partial charge in [0.2, 0.25) is 11.8 Å². The smallest absolute Gasteiger partial charge is 0.248 e. The first-order valence-electron chi connectivity index (χ1n) is 8.52. The molecule has 0 atom stereocenters. The lowest BCUT2D eigenvalue weighted by molar-refractivity contribution is -0.114. The van der Waals surface area contributed by atoms with Gasteiger partial charge in [0, 0.05) is 29.3 Å². The zero-order valence-electron chi connectivity index (χ0n) is 15.4. The van der Waals surface area contributed by atoms with Gasteiger partial charge in [-0.3, -0.25) is 9.59 Å². The summed E-state index contributed by atoms with van der Waals surface area (Å²) in [4.78, 5) is 23.5. The van der Waals surface area contributed by atoms with Crippen LogP contribution in [0.3, 0.4) is 0 Å². The number of hydrogen-bond acceptors (Lipinski definition) is 4. The molecule has 28 heavy (non-hydrogen) atoms. The number of ether oxygens (including phenoxy) is 2. The number of anilines is 2. The van der Waals surface area contributed by atoms with Crippen molar-refractivity contribution in [3.63, 3.8) is 0 Å². The summed E-state index contributed by atoms with van der Waals surface area (Å²) in [7, 11) is 1.51. The molecular weight excluding hydrogens is 380 g/mol. The summed E-state index contributed by atoms with van der Waals surface area (Å²) in [5.41, 5.74) is 2.71. The molecule has 1 heterocycles. The Balaban J connectivity index is 1.73. The summed E-state index contributed by atoms with van der Waals surface area (Å²) in [5.74, 6) is 0.702. The third-order valence-corrected chi connectivity index (χ3v) is 4.17. The van der Waals surface area contributed by atoms with Crippen LogP contribution in [0.2, 0.25) is 5.02 Å². The second-order valence-corrected chi connectivity index (χ2v) is 6.55. The Kier molecular flexibility index (Phi) is 6.01. The summed E-state index contributed by atoms with van der Waals surface area (Å²) in [6.07, 6.45) is 5.02. The maximum Gasteiger partial charge on any atom is 0.248 e. The van der Waals surface area contributed by atoms with E-state index in [9.17, 15) is 9.59 Å². The minimum Gasteiger partial charge on any atom is -0.495 e. The van der Waals surface area contributed by atoms with E-state index in [1.54, 1.807) is 30.3 Å². The normalized spacial score (nSPS) is 12.6. The summed E-state index contributed by atoms with van der Waals surface area (Å²) < 4.78 is 10.9. The second kappa shape index (κ2) is 8.63. The predicted octanol–water partition coefficient (Wildman–Crippen LogP) is 4.28. The van der Waals surface area contributed by atoms with E-state index < -0.39 is 0 Å². The number of carbonyl (C=O) groups excluding carboxylic acids is 2. The lowest BCUT2D eigenvalue weighted by Crippen LogP contribution is -2.11. The van der Waals surface area contributed by atoms with Crippen molar-refractivity contribution in [2.24, 2.45) is 0 Å². The number of benzene rings is 2. The molecule has 1 aliphatic rings. The Morgan fingerprint density at radius 2 is 2.00 bits per heavy atom. The van der Waals surface area contributed by atoms with Gasteiger partial charge in [0.25, 0.3) is 0 Å². The fraction of sp³-hybridized carbons (Fsp3) is 0.143. The predicted molar refractivity (Wildman–Crippen MR) is 110 cm³/mol. The molecule has 0 radical (unpaired) electrons. The summed E-state index contributed by atoms with van der Waals surface area (Å²) in [6, 6.07) is 10.4. The zero-order chi connectivity index (χ0) is 20.1. The minimum atomic E-state index is -0.337. The Labute approximate surface area is 167 Å². The lowest BCUT2D eigenvalue weighted by Gasteiger charge is -2.16. The minimum absolute atomic E-state index is 0.202. The van der Waals surface area contributed by atoms with E-state index >= 15 is 0 Å². The van der Waals surface area contributed by atoms with Crippen molar-refractivity contribution in [2.75, 3.05) is 24.4 Å². The highest BCUT2D eigenvalue weighted by atomic mass is 35.5. The van der Waals surface area contributed by atoms with E-state index in [1.807, 2.05) is 18.2 Å². The van der Waals surface area contributed by atoms with Crippen molar-refractivity contribution >= 4 is 40.9 Å². The van der Waals surface area contributed by atoms with Gasteiger partial charge in [-0.2, -0.15) is 0 Å². The van der Waals surface area contributed by atoms with E-state index in [0.29, 0.717) is 28.8 Å². The molecule has 2 amide bonds.